The van der Waals surface area contributed by atoms with Crippen molar-refractivity contribution in [2.45, 2.75) is 20.0 Å². The van der Waals surface area contributed by atoms with Crippen LogP contribution in [0.2, 0.25) is 0 Å². The van der Waals surface area contributed by atoms with Crippen LogP contribution in [-0.4, -0.2) is 25.7 Å². The van der Waals surface area contributed by atoms with Gasteiger partial charge in [0.2, 0.25) is 0 Å². The zero-order chi connectivity index (χ0) is 20.1. The number of nitrogens with zero attached hydrogens (tertiary/aromatic N) is 4. The van der Waals surface area contributed by atoms with E-state index in [2.05, 4.69) is 27.4 Å². The zero-order valence-corrected chi connectivity index (χ0v) is 16.1. The monoisotopic (exact) mass is 383 g/mol. The van der Waals surface area contributed by atoms with Crippen molar-refractivity contribution in [3.05, 3.63) is 102 Å². The molecule has 2 aromatic carbocycles. The molecule has 0 aliphatic carbocycles. The van der Waals surface area contributed by atoms with E-state index < -0.39 is 0 Å². The lowest BCUT2D eigenvalue weighted by atomic mass is 10.1. The van der Waals surface area contributed by atoms with Crippen LogP contribution in [0.15, 0.2) is 79.3 Å². The minimum atomic E-state index is -0.257. The molecule has 29 heavy (non-hydrogen) atoms. The van der Waals surface area contributed by atoms with Crippen LogP contribution in [0.1, 0.15) is 27.3 Å². The van der Waals surface area contributed by atoms with Gasteiger partial charge in [0.25, 0.3) is 5.91 Å². The molecule has 1 amide bonds. The third-order valence-corrected chi connectivity index (χ3v) is 4.53. The van der Waals surface area contributed by atoms with Crippen LogP contribution < -0.4 is 5.32 Å². The summed E-state index contributed by atoms with van der Waals surface area (Å²) >= 11 is 0. The van der Waals surface area contributed by atoms with E-state index in [1.54, 1.807) is 6.20 Å². The molecule has 0 fully saturated rings. The average molecular weight is 383 g/mol. The Kier molecular flexibility index (Phi) is 5.42. The van der Waals surface area contributed by atoms with E-state index in [4.69, 9.17) is 5.10 Å². The Morgan fingerprint density at radius 3 is 2.38 bits per heavy atom. The second-order valence-electron chi connectivity index (χ2n) is 6.78. The fraction of sp³-hybridized carbons (Fsp3) is 0.130. The number of aryl methyl sites for hydroxylation is 1. The number of aromatic nitrogens is 4. The molecule has 4 aromatic rings. The number of hydrogen-bond acceptors (Lipinski definition) is 4. The van der Waals surface area contributed by atoms with Gasteiger partial charge in [-0.3, -0.25) is 14.5 Å². The summed E-state index contributed by atoms with van der Waals surface area (Å²) in [5.41, 5.74) is 5.06. The first-order chi connectivity index (χ1) is 14.2. The molecule has 0 aliphatic heterocycles. The number of benzene rings is 2. The first kappa shape index (κ1) is 18.6. The first-order valence-corrected chi connectivity index (χ1v) is 9.41. The van der Waals surface area contributed by atoms with E-state index in [1.165, 1.54) is 11.8 Å². The lowest BCUT2D eigenvalue weighted by Gasteiger charge is -2.05. The Morgan fingerprint density at radius 1 is 0.966 bits per heavy atom. The van der Waals surface area contributed by atoms with Crippen molar-refractivity contribution < 1.29 is 4.79 Å². The van der Waals surface area contributed by atoms with Crippen molar-refractivity contribution in [1.82, 2.24) is 25.1 Å². The maximum absolute atomic E-state index is 12.4. The summed E-state index contributed by atoms with van der Waals surface area (Å²) in [7, 11) is 0. The molecule has 0 saturated carbocycles. The van der Waals surface area contributed by atoms with Crippen molar-refractivity contribution in [3.63, 3.8) is 0 Å². The third-order valence-electron chi connectivity index (χ3n) is 4.53. The molecule has 0 spiro atoms. The normalized spacial score (nSPS) is 10.7. The molecule has 0 unspecified atom stereocenters. The van der Waals surface area contributed by atoms with E-state index in [-0.39, 0.29) is 5.91 Å². The zero-order valence-electron chi connectivity index (χ0n) is 16.1. The maximum Gasteiger partial charge on any atom is 0.271 e. The molecule has 0 aliphatic rings. The Hall–Kier alpha value is -3.80. The maximum atomic E-state index is 12.4. The van der Waals surface area contributed by atoms with Gasteiger partial charge in [-0.1, -0.05) is 60.7 Å². The van der Waals surface area contributed by atoms with Crippen LogP contribution in [0.5, 0.6) is 0 Å². The number of carbonyl (C=O) groups excluding carboxylic acids is 1. The van der Waals surface area contributed by atoms with E-state index >= 15 is 0 Å². The minimum Gasteiger partial charge on any atom is -0.346 e. The summed E-state index contributed by atoms with van der Waals surface area (Å²) in [4.78, 5) is 20.7. The highest BCUT2D eigenvalue weighted by Gasteiger charge is 2.14. The standard InChI is InChI=1S/C23H21N5O/c1-17-12-25-21(14-24-17)23(29)26-13-20-16-28(15-18-8-4-2-5-9-18)27-22(20)19-10-6-3-7-11-19/h2-12,14,16H,13,15H2,1H3,(H,26,29). The predicted molar refractivity (Wildman–Crippen MR) is 111 cm³/mol. The van der Waals surface area contributed by atoms with Crippen molar-refractivity contribution in [3.8, 4) is 11.3 Å². The molecular weight excluding hydrogens is 362 g/mol. The molecule has 0 atom stereocenters. The summed E-state index contributed by atoms with van der Waals surface area (Å²) in [5, 5.41) is 7.70. The Balaban J connectivity index is 1.57. The Bertz CT molecular complexity index is 1090. The lowest BCUT2D eigenvalue weighted by Crippen LogP contribution is -2.24. The van der Waals surface area contributed by atoms with E-state index in [1.807, 2.05) is 66.3 Å². The highest BCUT2D eigenvalue weighted by molar-refractivity contribution is 5.91. The number of nitrogens with one attached hydrogen (secondary N) is 1. The van der Waals surface area contributed by atoms with Crippen molar-refractivity contribution >= 4 is 5.91 Å². The number of amides is 1. The Labute approximate surface area is 169 Å². The summed E-state index contributed by atoms with van der Waals surface area (Å²) < 4.78 is 1.91. The molecule has 144 valence electrons. The SMILES string of the molecule is Cc1cnc(C(=O)NCc2cn(Cc3ccccc3)nc2-c2ccccc2)cn1. The van der Waals surface area contributed by atoms with Gasteiger partial charge in [0.05, 0.1) is 24.1 Å². The van der Waals surface area contributed by atoms with E-state index in [9.17, 15) is 4.79 Å². The summed E-state index contributed by atoms with van der Waals surface area (Å²) in [6.07, 6.45) is 5.06. The molecule has 0 radical (unpaired) electrons. The van der Waals surface area contributed by atoms with Gasteiger partial charge in [-0.15, -0.1) is 0 Å². The topological polar surface area (TPSA) is 72.7 Å². The van der Waals surface area contributed by atoms with E-state index in [0.29, 0.717) is 18.8 Å². The second kappa shape index (κ2) is 8.48. The highest BCUT2D eigenvalue weighted by atomic mass is 16.1. The van der Waals surface area contributed by atoms with Gasteiger partial charge in [0, 0.05) is 30.1 Å². The minimum absolute atomic E-state index is 0.257. The molecule has 6 heteroatoms. The predicted octanol–water partition coefficient (Wildman–Crippen LogP) is 3.63. The van der Waals surface area contributed by atoms with Crippen LogP contribution in [0.25, 0.3) is 11.3 Å². The average Bonchev–Trinajstić information content (AvgIpc) is 3.16. The van der Waals surface area contributed by atoms with Crippen LogP contribution in [0.3, 0.4) is 0 Å². The van der Waals surface area contributed by atoms with Gasteiger partial charge in [0.15, 0.2) is 0 Å². The quantitative estimate of drug-likeness (QED) is 0.552. The highest BCUT2D eigenvalue weighted by Crippen LogP contribution is 2.22. The molecular formula is C23H21N5O. The van der Waals surface area contributed by atoms with Crippen LogP contribution >= 0.6 is 0 Å². The van der Waals surface area contributed by atoms with Crippen LogP contribution in [-0.2, 0) is 13.1 Å². The van der Waals surface area contributed by atoms with Crippen molar-refractivity contribution in [1.29, 1.82) is 0 Å². The Morgan fingerprint density at radius 2 is 1.69 bits per heavy atom. The molecule has 6 nitrogen and oxygen atoms in total. The second-order valence-corrected chi connectivity index (χ2v) is 6.78. The lowest BCUT2D eigenvalue weighted by molar-refractivity contribution is 0.0945. The molecule has 2 aromatic heterocycles. The number of hydrogen-bond donors (Lipinski definition) is 1. The molecule has 2 heterocycles. The van der Waals surface area contributed by atoms with Gasteiger partial charge in [-0.2, -0.15) is 5.10 Å². The largest absolute Gasteiger partial charge is 0.346 e. The van der Waals surface area contributed by atoms with Crippen molar-refractivity contribution in [2.24, 2.45) is 0 Å². The summed E-state index contributed by atoms with van der Waals surface area (Å²) in [6, 6.07) is 20.1. The molecule has 0 bridgehead atoms. The van der Waals surface area contributed by atoms with Gasteiger partial charge in [0.1, 0.15) is 5.69 Å². The van der Waals surface area contributed by atoms with Crippen molar-refractivity contribution in [2.75, 3.05) is 0 Å². The fourth-order valence-electron chi connectivity index (χ4n) is 3.06. The van der Waals surface area contributed by atoms with Gasteiger partial charge < -0.3 is 5.32 Å². The number of carbonyl (C=O) groups is 1. The summed E-state index contributed by atoms with van der Waals surface area (Å²) in [6.45, 7) is 2.85. The van der Waals surface area contributed by atoms with Gasteiger partial charge in [-0.25, -0.2) is 4.98 Å². The molecule has 0 saturated heterocycles. The third kappa shape index (κ3) is 4.55. The fourth-order valence-corrected chi connectivity index (χ4v) is 3.06. The summed E-state index contributed by atoms with van der Waals surface area (Å²) in [5.74, 6) is -0.257. The van der Waals surface area contributed by atoms with E-state index in [0.717, 1.165) is 22.5 Å². The first-order valence-electron chi connectivity index (χ1n) is 9.41. The van der Waals surface area contributed by atoms with Crippen LogP contribution in [0, 0.1) is 6.92 Å². The molecule has 1 N–H and O–H groups in total. The van der Waals surface area contributed by atoms with Gasteiger partial charge >= 0.3 is 0 Å². The smallest absolute Gasteiger partial charge is 0.271 e. The van der Waals surface area contributed by atoms with Crippen LogP contribution in [0.4, 0.5) is 0 Å². The van der Waals surface area contributed by atoms with Gasteiger partial charge in [-0.05, 0) is 12.5 Å². The number of rotatable bonds is 6. The molecule has 4 rings (SSSR count).